The summed E-state index contributed by atoms with van der Waals surface area (Å²) < 4.78 is 5.11. The summed E-state index contributed by atoms with van der Waals surface area (Å²) in [6, 6.07) is 0. The minimum Gasteiger partial charge on any atom is -0.481 e. The van der Waals surface area contributed by atoms with Crippen LogP contribution in [0.3, 0.4) is 0 Å². The number of carboxylic acid groups (broad SMARTS) is 1. The van der Waals surface area contributed by atoms with E-state index in [0.29, 0.717) is 26.1 Å². The van der Waals surface area contributed by atoms with E-state index in [4.69, 9.17) is 9.84 Å². The molecule has 1 amide bonds. The van der Waals surface area contributed by atoms with Gasteiger partial charge in [-0.15, -0.1) is 0 Å². The fraction of sp³-hybridized carbons (Fsp3) is 0.833. The molecule has 1 fully saturated rings. The molecule has 1 saturated heterocycles. The van der Waals surface area contributed by atoms with Crippen LogP contribution in [0.1, 0.15) is 27.2 Å². The maximum absolute atomic E-state index is 11.5. The number of piperidine rings is 1. The second kappa shape index (κ2) is 6.04. The summed E-state index contributed by atoms with van der Waals surface area (Å²) in [5.41, 5.74) is -0.541. The summed E-state index contributed by atoms with van der Waals surface area (Å²) in [5.74, 6) is -1.29. The Balaban J connectivity index is 2.41. The maximum atomic E-state index is 11.5. The Hall–Kier alpha value is -1.30. The topological polar surface area (TPSA) is 87.7 Å². The highest BCUT2D eigenvalue weighted by atomic mass is 16.6. The lowest BCUT2D eigenvalue weighted by Gasteiger charge is -2.29. The van der Waals surface area contributed by atoms with Crippen molar-refractivity contribution in [3.63, 3.8) is 0 Å². The zero-order valence-electron chi connectivity index (χ0n) is 11.2. The Kier molecular flexibility index (Phi) is 4.95. The molecule has 0 aromatic carbocycles. The molecular weight excluding hydrogens is 236 g/mol. The van der Waals surface area contributed by atoms with Gasteiger partial charge in [-0.3, -0.25) is 4.79 Å². The minimum atomic E-state index is -0.799. The molecule has 2 atom stereocenters. The van der Waals surface area contributed by atoms with E-state index in [1.54, 1.807) is 20.8 Å². The summed E-state index contributed by atoms with van der Waals surface area (Å²) in [6.07, 6.45) is 0.0907. The van der Waals surface area contributed by atoms with E-state index in [0.717, 1.165) is 0 Å². The maximum Gasteiger partial charge on any atom is 0.407 e. The van der Waals surface area contributed by atoms with Crippen molar-refractivity contribution in [2.45, 2.75) is 32.8 Å². The molecule has 6 nitrogen and oxygen atoms in total. The van der Waals surface area contributed by atoms with Gasteiger partial charge < -0.3 is 20.5 Å². The van der Waals surface area contributed by atoms with Crippen LogP contribution >= 0.6 is 0 Å². The van der Waals surface area contributed by atoms with Gasteiger partial charge in [-0.05, 0) is 33.7 Å². The van der Waals surface area contributed by atoms with Crippen LogP contribution in [0.4, 0.5) is 4.79 Å². The number of carbonyl (C=O) groups excluding carboxylic acids is 1. The number of aliphatic carboxylic acids is 1. The van der Waals surface area contributed by atoms with E-state index in [1.807, 2.05) is 0 Å². The fourth-order valence-corrected chi connectivity index (χ4v) is 1.99. The van der Waals surface area contributed by atoms with Crippen molar-refractivity contribution in [1.29, 1.82) is 0 Å². The van der Waals surface area contributed by atoms with Crippen molar-refractivity contribution >= 4 is 12.1 Å². The molecule has 0 aromatic heterocycles. The second-order valence-corrected chi connectivity index (χ2v) is 5.58. The predicted molar refractivity (Wildman–Crippen MR) is 66.3 cm³/mol. The van der Waals surface area contributed by atoms with Gasteiger partial charge in [0.25, 0.3) is 0 Å². The molecule has 6 heteroatoms. The second-order valence-electron chi connectivity index (χ2n) is 5.58. The van der Waals surface area contributed by atoms with Crippen molar-refractivity contribution in [2.24, 2.45) is 11.8 Å². The monoisotopic (exact) mass is 258 g/mol. The highest BCUT2D eigenvalue weighted by Gasteiger charge is 2.31. The average Bonchev–Trinajstić information content (AvgIpc) is 2.24. The van der Waals surface area contributed by atoms with Gasteiger partial charge in [0, 0.05) is 19.0 Å². The first kappa shape index (κ1) is 14.8. The molecule has 0 spiro atoms. The van der Waals surface area contributed by atoms with Crippen LogP contribution in [0.15, 0.2) is 0 Å². The molecule has 0 saturated carbocycles. The Morgan fingerprint density at radius 2 is 2.11 bits per heavy atom. The first-order valence-corrected chi connectivity index (χ1v) is 6.20. The molecule has 0 radical (unpaired) electrons. The van der Waals surface area contributed by atoms with Gasteiger partial charge in [-0.1, -0.05) is 0 Å². The molecule has 0 unspecified atom stereocenters. The summed E-state index contributed by atoms with van der Waals surface area (Å²) in [7, 11) is 0. The van der Waals surface area contributed by atoms with Crippen LogP contribution in [-0.4, -0.2) is 42.4 Å². The highest BCUT2D eigenvalue weighted by Crippen LogP contribution is 2.19. The number of amides is 1. The molecule has 3 N–H and O–H groups in total. The SMILES string of the molecule is CC(C)(C)OC(=O)NC[C@@H]1CNCC[C@H]1C(=O)O. The van der Waals surface area contributed by atoms with Crippen LogP contribution in [0.2, 0.25) is 0 Å². The lowest BCUT2D eigenvalue weighted by molar-refractivity contribution is -0.144. The quantitative estimate of drug-likeness (QED) is 0.697. The van der Waals surface area contributed by atoms with Gasteiger partial charge in [0.15, 0.2) is 0 Å². The van der Waals surface area contributed by atoms with Gasteiger partial charge in [-0.2, -0.15) is 0 Å². The third-order valence-electron chi connectivity index (χ3n) is 2.83. The first-order valence-electron chi connectivity index (χ1n) is 6.20. The van der Waals surface area contributed by atoms with Gasteiger partial charge in [0.05, 0.1) is 5.92 Å². The Bertz CT molecular complexity index is 312. The molecular formula is C12H22N2O4. The standard InChI is InChI=1S/C12H22N2O4/c1-12(2,3)18-11(17)14-7-8-6-13-5-4-9(8)10(15)16/h8-9,13H,4-7H2,1-3H3,(H,14,17)(H,15,16)/t8-,9+/m0/s1. The fourth-order valence-electron chi connectivity index (χ4n) is 1.99. The van der Waals surface area contributed by atoms with E-state index < -0.39 is 23.6 Å². The number of alkyl carbamates (subject to hydrolysis) is 1. The van der Waals surface area contributed by atoms with Crippen molar-refractivity contribution < 1.29 is 19.4 Å². The number of carbonyl (C=O) groups is 2. The van der Waals surface area contributed by atoms with E-state index in [2.05, 4.69) is 10.6 Å². The summed E-state index contributed by atoms with van der Waals surface area (Å²) in [5, 5.41) is 14.9. The van der Waals surface area contributed by atoms with Gasteiger partial charge in [0.2, 0.25) is 0 Å². The number of nitrogens with one attached hydrogen (secondary N) is 2. The smallest absolute Gasteiger partial charge is 0.407 e. The number of rotatable bonds is 3. The lowest BCUT2D eigenvalue weighted by atomic mass is 9.86. The average molecular weight is 258 g/mol. The highest BCUT2D eigenvalue weighted by molar-refractivity contribution is 5.71. The van der Waals surface area contributed by atoms with Gasteiger partial charge in [0.1, 0.15) is 5.60 Å². The van der Waals surface area contributed by atoms with Crippen LogP contribution in [0.25, 0.3) is 0 Å². The summed E-state index contributed by atoms with van der Waals surface area (Å²) >= 11 is 0. The van der Waals surface area contributed by atoms with Crippen molar-refractivity contribution in [3.8, 4) is 0 Å². The van der Waals surface area contributed by atoms with E-state index in [9.17, 15) is 9.59 Å². The summed E-state index contributed by atoms with van der Waals surface area (Å²) in [6.45, 7) is 6.99. The molecule has 104 valence electrons. The minimum absolute atomic E-state index is 0.0937. The van der Waals surface area contributed by atoms with Crippen molar-refractivity contribution in [3.05, 3.63) is 0 Å². The Labute approximate surface area is 107 Å². The molecule has 0 bridgehead atoms. The molecule has 1 rings (SSSR count). The van der Waals surface area contributed by atoms with E-state index in [-0.39, 0.29) is 5.92 Å². The van der Waals surface area contributed by atoms with E-state index >= 15 is 0 Å². The van der Waals surface area contributed by atoms with Crippen LogP contribution in [0, 0.1) is 11.8 Å². The lowest BCUT2D eigenvalue weighted by Crippen LogP contribution is -2.46. The Morgan fingerprint density at radius 1 is 1.44 bits per heavy atom. The predicted octanol–water partition coefficient (Wildman–Crippen LogP) is 0.821. The Morgan fingerprint density at radius 3 is 2.67 bits per heavy atom. The zero-order chi connectivity index (χ0) is 13.8. The van der Waals surface area contributed by atoms with Gasteiger partial charge >= 0.3 is 12.1 Å². The molecule has 18 heavy (non-hydrogen) atoms. The number of hydrogen-bond acceptors (Lipinski definition) is 4. The van der Waals surface area contributed by atoms with Gasteiger partial charge in [-0.25, -0.2) is 4.79 Å². The summed E-state index contributed by atoms with van der Waals surface area (Å²) in [4.78, 5) is 22.5. The molecule has 1 aliphatic heterocycles. The largest absolute Gasteiger partial charge is 0.481 e. The molecule has 1 aliphatic rings. The van der Waals surface area contributed by atoms with Crippen molar-refractivity contribution in [1.82, 2.24) is 10.6 Å². The van der Waals surface area contributed by atoms with E-state index in [1.165, 1.54) is 0 Å². The number of carboxylic acids is 1. The van der Waals surface area contributed by atoms with Crippen molar-refractivity contribution in [2.75, 3.05) is 19.6 Å². The molecule has 1 heterocycles. The molecule has 0 aromatic rings. The zero-order valence-corrected chi connectivity index (χ0v) is 11.2. The number of hydrogen-bond donors (Lipinski definition) is 3. The number of ether oxygens (including phenoxy) is 1. The third-order valence-corrected chi connectivity index (χ3v) is 2.83. The van der Waals surface area contributed by atoms with Crippen LogP contribution in [0.5, 0.6) is 0 Å². The molecule has 0 aliphatic carbocycles. The van der Waals surface area contributed by atoms with Crippen LogP contribution in [-0.2, 0) is 9.53 Å². The van der Waals surface area contributed by atoms with Crippen LogP contribution < -0.4 is 10.6 Å². The first-order chi connectivity index (χ1) is 8.29. The normalized spacial score (nSPS) is 24.4. The third kappa shape index (κ3) is 4.91.